The van der Waals surface area contributed by atoms with Gasteiger partial charge in [0.1, 0.15) is 4.90 Å². The SMILES string of the molecule is O=S(=O)(O)c1ccc(O)c(O)c1S(=O)(=O)O.[NaH]. The fraction of sp³-hybridized carbons (Fsp3) is 0. The zero-order valence-electron chi connectivity index (χ0n) is 7.39. The zero-order chi connectivity index (χ0) is 12.7. The Bertz CT molecular complexity index is 632. The van der Waals surface area contributed by atoms with Crippen molar-refractivity contribution in [2.45, 2.75) is 9.79 Å². The molecule has 0 aliphatic rings. The second kappa shape index (κ2) is 5.10. The van der Waals surface area contributed by atoms with Gasteiger partial charge in [-0.2, -0.15) is 16.8 Å². The normalized spacial score (nSPS) is 11.9. The molecule has 11 heteroatoms. The van der Waals surface area contributed by atoms with Crippen LogP contribution in [0.5, 0.6) is 11.5 Å². The maximum atomic E-state index is 10.8. The third-order valence-electron chi connectivity index (χ3n) is 1.61. The van der Waals surface area contributed by atoms with E-state index in [1.807, 2.05) is 0 Å². The molecule has 0 unspecified atom stereocenters. The van der Waals surface area contributed by atoms with Gasteiger partial charge in [-0.3, -0.25) is 9.11 Å². The van der Waals surface area contributed by atoms with Gasteiger partial charge in [-0.1, -0.05) is 0 Å². The van der Waals surface area contributed by atoms with Crippen molar-refractivity contribution in [3.8, 4) is 11.5 Å². The van der Waals surface area contributed by atoms with Crippen LogP contribution < -0.4 is 0 Å². The van der Waals surface area contributed by atoms with Crippen LogP contribution in [-0.2, 0) is 20.2 Å². The first kappa shape index (κ1) is 16.6. The summed E-state index contributed by atoms with van der Waals surface area (Å²) < 4.78 is 60.4. The van der Waals surface area contributed by atoms with E-state index in [1.54, 1.807) is 0 Å². The van der Waals surface area contributed by atoms with Crippen molar-refractivity contribution in [1.82, 2.24) is 0 Å². The molecule has 0 radical (unpaired) electrons. The third kappa shape index (κ3) is 3.55. The third-order valence-corrected chi connectivity index (χ3v) is 3.56. The Morgan fingerprint density at radius 1 is 0.882 bits per heavy atom. The molecule has 8 nitrogen and oxygen atoms in total. The Labute approximate surface area is 119 Å². The summed E-state index contributed by atoms with van der Waals surface area (Å²) >= 11 is 0. The molecule has 0 bridgehead atoms. The average molecular weight is 294 g/mol. The molecule has 1 aromatic carbocycles. The van der Waals surface area contributed by atoms with Crippen molar-refractivity contribution in [2.75, 3.05) is 0 Å². The maximum absolute atomic E-state index is 10.8. The molecule has 0 atom stereocenters. The molecule has 4 N–H and O–H groups in total. The Kier molecular flexibility index (Phi) is 4.99. The molecule has 1 rings (SSSR count). The minimum absolute atomic E-state index is 0. The fourth-order valence-electron chi connectivity index (χ4n) is 0.995. The molecule has 92 valence electrons. The van der Waals surface area contributed by atoms with Gasteiger partial charge in [0.2, 0.25) is 0 Å². The van der Waals surface area contributed by atoms with Gasteiger partial charge in [0.15, 0.2) is 16.4 Å². The van der Waals surface area contributed by atoms with Crippen LogP contribution in [0.4, 0.5) is 0 Å². The quantitative estimate of drug-likeness (QED) is 0.306. The Morgan fingerprint density at radius 2 is 1.35 bits per heavy atom. The molecule has 0 aromatic heterocycles. The summed E-state index contributed by atoms with van der Waals surface area (Å²) in [6.07, 6.45) is 0. The standard InChI is InChI=1S/C6H6O8S2.Na.H/c7-3-1-2-4(15(9,10)11)6(5(3)8)16(12,13)14;;/h1-2,7-8H,(H,9,10,11)(H,12,13,14);;. The van der Waals surface area contributed by atoms with Gasteiger partial charge >= 0.3 is 29.6 Å². The van der Waals surface area contributed by atoms with Gasteiger partial charge in [-0.15, -0.1) is 0 Å². The monoisotopic (exact) mass is 294 g/mol. The van der Waals surface area contributed by atoms with Crippen LogP contribution in [-0.4, -0.2) is 65.7 Å². The molecule has 17 heavy (non-hydrogen) atoms. The predicted molar refractivity (Wildman–Crippen MR) is 56.5 cm³/mol. The first-order valence-electron chi connectivity index (χ1n) is 3.55. The fourth-order valence-corrected chi connectivity index (χ4v) is 2.87. The predicted octanol–water partition coefficient (Wildman–Crippen LogP) is -1.06. The summed E-state index contributed by atoms with van der Waals surface area (Å²) in [5, 5.41) is 18.1. The molecule has 0 spiro atoms. The molecule has 0 aliphatic carbocycles. The summed E-state index contributed by atoms with van der Waals surface area (Å²) in [4.78, 5) is -2.71. The van der Waals surface area contributed by atoms with Gasteiger partial charge in [0.25, 0.3) is 20.2 Å². The van der Waals surface area contributed by atoms with Crippen LogP contribution in [0.2, 0.25) is 0 Å². The first-order valence-corrected chi connectivity index (χ1v) is 6.43. The van der Waals surface area contributed by atoms with Crippen LogP contribution >= 0.6 is 0 Å². The van der Waals surface area contributed by atoms with E-state index in [4.69, 9.17) is 19.3 Å². The minimum atomic E-state index is -5.12. The van der Waals surface area contributed by atoms with E-state index < -0.39 is 41.5 Å². The number of aromatic hydroxyl groups is 2. The Hall–Kier alpha value is -0.360. The second-order valence-corrected chi connectivity index (χ2v) is 5.46. The number of benzene rings is 1. The Balaban J connectivity index is 0.00000256. The van der Waals surface area contributed by atoms with Crippen molar-refractivity contribution >= 4 is 49.8 Å². The number of rotatable bonds is 2. The first-order chi connectivity index (χ1) is 7.05. The van der Waals surface area contributed by atoms with Gasteiger partial charge < -0.3 is 10.2 Å². The number of phenols is 2. The molecule has 0 fully saturated rings. The van der Waals surface area contributed by atoms with Crippen molar-refractivity contribution in [1.29, 1.82) is 0 Å². The van der Waals surface area contributed by atoms with E-state index in [0.29, 0.717) is 12.1 Å². The average Bonchev–Trinajstić information content (AvgIpc) is 2.05. The summed E-state index contributed by atoms with van der Waals surface area (Å²) in [5.41, 5.74) is 0. The topological polar surface area (TPSA) is 149 Å². The van der Waals surface area contributed by atoms with E-state index in [2.05, 4.69) is 0 Å². The molecule has 1 aromatic rings. The van der Waals surface area contributed by atoms with Gasteiger partial charge in [-0.05, 0) is 12.1 Å². The summed E-state index contributed by atoms with van der Waals surface area (Å²) in [6, 6.07) is 1.17. The summed E-state index contributed by atoms with van der Waals surface area (Å²) in [7, 11) is -10.1. The van der Waals surface area contributed by atoms with Crippen molar-refractivity contribution in [3.05, 3.63) is 12.1 Å². The molecular weight excluding hydrogens is 287 g/mol. The van der Waals surface area contributed by atoms with Gasteiger partial charge in [0, 0.05) is 0 Å². The van der Waals surface area contributed by atoms with Crippen LogP contribution in [0.25, 0.3) is 0 Å². The molecule has 0 aliphatic heterocycles. The second-order valence-electron chi connectivity index (χ2n) is 2.71. The van der Waals surface area contributed by atoms with Crippen molar-refractivity contribution in [3.63, 3.8) is 0 Å². The number of hydrogen-bond donors (Lipinski definition) is 4. The number of hydrogen-bond acceptors (Lipinski definition) is 6. The van der Waals surface area contributed by atoms with Crippen molar-refractivity contribution < 1.29 is 36.2 Å². The summed E-state index contributed by atoms with van der Waals surface area (Å²) in [6.45, 7) is 0. The van der Waals surface area contributed by atoms with Crippen LogP contribution in [0, 0.1) is 0 Å². The van der Waals surface area contributed by atoms with Crippen LogP contribution in [0.1, 0.15) is 0 Å². The molecular formula is C6H7NaO8S2. The molecule has 0 saturated carbocycles. The van der Waals surface area contributed by atoms with Crippen molar-refractivity contribution in [2.24, 2.45) is 0 Å². The van der Waals surface area contributed by atoms with E-state index in [-0.39, 0.29) is 29.6 Å². The number of phenolic OH excluding ortho intramolecular Hbond substituents is 2. The Morgan fingerprint density at radius 3 is 1.71 bits per heavy atom. The summed E-state index contributed by atoms with van der Waals surface area (Å²) in [5.74, 6) is -2.32. The van der Waals surface area contributed by atoms with E-state index in [9.17, 15) is 16.8 Å². The van der Waals surface area contributed by atoms with E-state index in [1.165, 1.54) is 0 Å². The van der Waals surface area contributed by atoms with Gasteiger partial charge in [0.05, 0.1) is 0 Å². The van der Waals surface area contributed by atoms with E-state index in [0.717, 1.165) is 0 Å². The molecule has 0 amide bonds. The zero-order valence-corrected chi connectivity index (χ0v) is 9.03. The molecule has 0 heterocycles. The van der Waals surface area contributed by atoms with Gasteiger partial charge in [-0.25, -0.2) is 0 Å². The molecule has 0 saturated heterocycles. The van der Waals surface area contributed by atoms with Crippen LogP contribution in [0.3, 0.4) is 0 Å². The van der Waals surface area contributed by atoms with E-state index >= 15 is 0 Å². The van der Waals surface area contributed by atoms with Crippen LogP contribution in [0.15, 0.2) is 21.9 Å².